The lowest BCUT2D eigenvalue weighted by Crippen LogP contribution is -2.13. The second-order valence-electron chi connectivity index (χ2n) is 4.60. The number of benzene rings is 2. The Morgan fingerprint density at radius 3 is 2.32 bits per heavy atom. The van der Waals surface area contributed by atoms with Crippen molar-refractivity contribution in [1.29, 1.82) is 5.26 Å². The summed E-state index contributed by atoms with van der Waals surface area (Å²) in [5, 5.41) is 9.23. The van der Waals surface area contributed by atoms with Crippen molar-refractivity contribution in [3.8, 4) is 6.07 Å². The Kier molecular flexibility index (Phi) is 4.10. The fourth-order valence-electron chi connectivity index (χ4n) is 1.99. The zero-order valence-corrected chi connectivity index (χ0v) is 10.8. The summed E-state index contributed by atoms with van der Waals surface area (Å²) in [4.78, 5) is 12.2. The molecule has 0 aromatic heterocycles. The zero-order valence-electron chi connectivity index (χ0n) is 10.8. The second-order valence-corrected chi connectivity index (χ2v) is 4.60. The number of nitriles is 1. The van der Waals surface area contributed by atoms with Gasteiger partial charge in [0.05, 0.1) is 6.07 Å². The van der Waals surface area contributed by atoms with Crippen molar-refractivity contribution in [1.82, 2.24) is 0 Å². The maximum Gasteiger partial charge on any atom is 0.158 e. The zero-order chi connectivity index (χ0) is 13.7. The number of nitrogens with zero attached hydrogens (tertiary/aromatic N) is 1. The van der Waals surface area contributed by atoms with Crippen LogP contribution in [-0.4, -0.2) is 5.78 Å². The number of carbonyl (C=O) groups excluding carboxylic acids is 1. The van der Waals surface area contributed by atoms with E-state index in [1.54, 1.807) is 0 Å². The second kappa shape index (κ2) is 5.97. The fraction of sp³-hybridized carbons (Fsp3) is 0.176. The molecule has 0 saturated heterocycles. The molecule has 0 radical (unpaired) electrons. The SMILES string of the molecule is Cc1ccc(C(C#N)C(=O)Cc2ccccc2)cc1. The van der Waals surface area contributed by atoms with Crippen molar-refractivity contribution in [2.75, 3.05) is 0 Å². The van der Waals surface area contributed by atoms with E-state index < -0.39 is 5.92 Å². The lowest BCUT2D eigenvalue weighted by molar-refractivity contribution is -0.118. The van der Waals surface area contributed by atoms with E-state index in [0.717, 1.165) is 16.7 Å². The average molecular weight is 249 g/mol. The number of hydrogen-bond acceptors (Lipinski definition) is 2. The molecule has 0 bridgehead atoms. The van der Waals surface area contributed by atoms with Gasteiger partial charge in [0.2, 0.25) is 0 Å². The molecule has 0 fully saturated rings. The van der Waals surface area contributed by atoms with Crippen molar-refractivity contribution >= 4 is 5.78 Å². The number of carbonyl (C=O) groups is 1. The quantitative estimate of drug-likeness (QED) is 0.833. The number of aryl methyl sites for hydroxylation is 1. The molecule has 94 valence electrons. The third kappa shape index (κ3) is 3.29. The van der Waals surface area contributed by atoms with Crippen LogP contribution in [0.2, 0.25) is 0 Å². The van der Waals surface area contributed by atoms with Gasteiger partial charge in [0.25, 0.3) is 0 Å². The average Bonchev–Trinajstić information content (AvgIpc) is 2.43. The lowest BCUT2D eigenvalue weighted by Gasteiger charge is -2.09. The Morgan fingerprint density at radius 1 is 1.11 bits per heavy atom. The van der Waals surface area contributed by atoms with E-state index in [-0.39, 0.29) is 5.78 Å². The number of hydrogen-bond donors (Lipinski definition) is 0. The molecule has 19 heavy (non-hydrogen) atoms. The Morgan fingerprint density at radius 2 is 1.74 bits per heavy atom. The van der Waals surface area contributed by atoms with E-state index in [1.807, 2.05) is 61.5 Å². The maximum absolute atomic E-state index is 12.2. The highest BCUT2D eigenvalue weighted by Crippen LogP contribution is 2.19. The molecular formula is C17H15NO. The topological polar surface area (TPSA) is 40.9 Å². The molecule has 2 rings (SSSR count). The molecule has 0 aliphatic carbocycles. The van der Waals surface area contributed by atoms with E-state index in [0.29, 0.717) is 6.42 Å². The first kappa shape index (κ1) is 13.0. The molecule has 2 aromatic rings. The smallest absolute Gasteiger partial charge is 0.158 e. The normalized spacial score (nSPS) is 11.6. The molecule has 2 nitrogen and oxygen atoms in total. The van der Waals surface area contributed by atoms with Crippen LogP contribution >= 0.6 is 0 Å². The molecule has 1 unspecified atom stereocenters. The van der Waals surface area contributed by atoms with E-state index in [2.05, 4.69) is 6.07 Å². The van der Waals surface area contributed by atoms with Crippen molar-refractivity contribution in [2.45, 2.75) is 19.3 Å². The minimum atomic E-state index is -0.680. The van der Waals surface area contributed by atoms with E-state index in [4.69, 9.17) is 0 Å². The molecule has 0 N–H and O–H groups in total. The molecular weight excluding hydrogens is 234 g/mol. The number of ketones is 1. The van der Waals surface area contributed by atoms with E-state index >= 15 is 0 Å². The summed E-state index contributed by atoms with van der Waals surface area (Å²) in [6, 6.07) is 19.2. The molecule has 0 heterocycles. The van der Waals surface area contributed by atoms with Crippen molar-refractivity contribution in [3.63, 3.8) is 0 Å². The van der Waals surface area contributed by atoms with Gasteiger partial charge in [0, 0.05) is 6.42 Å². The summed E-state index contributed by atoms with van der Waals surface area (Å²) in [5.74, 6) is -0.738. The first-order valence-electron chi connectivity index (χ1n) is 6.23. The Bertz CT molecular complexity index is 593. The van der Waals surface area contributed by atoms with E-state index in [9.17, 15) is 10.1 Å². The van der Waals surface area contributed by atoms with E-state index in [1.165, 1.54) is 0 Å². The third-order valence-corrected chi connectivity index (χ3v) is 3.08. The van der Waals surface area contributed by atoms with Crippen LogP contribution in [0.5, 0.6) is 0 Å². The van der Waals surface area contributed by atoms with Gasteiger partial charge in [-0.2, -0.15) is 5.26 Å². The Balaban J connectivity index is 2.16. The summed E-state index contributed by atoms with van der Waals surface area (Å²) in [7, 11) is 0. The molecule has 2 aromatic carbocycles. The first-order chi connectivity index (χ1) is 9.20. The molecule has 0 aliphatic rings. The highest BCUT2D eigenvalue weighted by Gasteiger charge is 2.19. The van der Waals surface area contributed by atoms with Gasteiger partial charge in [-0.25, -0.2) is 0 Å². The minimum Gasteiger partial charge on any atom is -0.297 e. The predicted octanol–water partition coefficient (Wildman–Crippen LogP) is 3.41. The van der Waals surface area contributed by atoms with Gasteiger partial charge in [0.1, 0.15) is 5.92 Å². The van der Waals surface area contributed by atoms with Gasteiger partial charge in [0.15, 0.2) is 5.78 Å². The van der Waals surface area contributed by atoms with Crippen LogP contribution in [0, 0.1) is 18.3 Å². The Labute approximate surface area is 113 Å². The third-order valence-electron chi connectivity index (χ3n) is 3.08. The van der Waals surface area contributed by atoms with Crippen LogP contribution in [-0.2, 0) is 11.2 Å². The van der Waals surface area contributed by atoms with Crippen LogP contribution in [0.15, 0.2) is 54.6 Å². The van der Waals surface area contributed by atoms with Crippen LogP contribution in [0.1, 0.15) is 22.6 Å². The highest BCUT2D eigenvalue weighted by atomic mass is 16.1. The van der Waals surface area contributed by atoms with Gasteiger partial charge in [-0.3, -0.25) is 4.79 Å². The highest BCUT2D eigenvalue weighted by molar-refractivity contribution is 5.90. The molecule has 0 amide bonds. The summed E-state index contributed by atoms with van der Waals surface area (Å²) in [6.07, 6.45) is 0.299. The standard InChI is InChI=1S/C17H15NO/c1-13-7-9-15(10-8-13)16(12-18)17(19)11-14-5-3-2-4-6-14/h2-10,16H,11H2,1H3. The molecule has 2 heteroatoms. The monoisotopic (exact) mass is 249 g/mol. The molecule has 1 atom stereocenters. The maximum atomic E-state index is 12.2. The Hall–Kier alpha value is -2.40. The van der Waals surface area contributed by atoms with Crippen molar-refractivity contribution < 1.29 is 4.79 Å². The summed E-state index contributed by atoms with van der Waals surface area (Å²) >= 11 is 0. The largest absolute Gasteiger partial charge is 0.297 e. The number of Topliss-reactive ketones (excluding diaryl/α,β-unsaturated/α-hetero) is 1. The minimum absolute atomic E-state index is 0.0578. The van der Waals surface area contributed by atoms with Crippen LogP contribution in [0.4, 0.5) is 0 Å². The van der Waals surface area contributed by atoms with Crippen LogP contribution in [0.3, 0.4) is 0 Å². The van der Waals surface area contributed by atoms with Gasteiger partial charge in [-0.05, 0) is 18.1 Å². The van der Waals surface area contributed by atoms with Crippen LogP contribution < -0.4 is 0 Å². The first-order valence-corrected chi connectivity index (χ1v) is 6.23. The van der Waals surface area contributed by atoms with Crippen molar-refractivity contribution in [3.05, 3.63) is 71.3 Å². The summed E-state index contributed by atoms with van der Waals surface area (Å²) in [5.41, 5.74) is 2.84. The van der Waals surface area contributed by atoms with Gasteiger partial charge < -0.3 is 0 Å². The summed E-state index contributed by atoms with van der Waals surface area (Å²) < 4.78 is 0. The predicted molar refractivity (Wildman–Crippen MR) is 74.7 cm³/mol. The molecule has 0 aliphatic heterocycles. The van der Waals surface area contributed by atoms with Crippen LogP contribution in [0.25, 0.3) is 0 Å². The van der Waals surface area contributed by atoms with Gasteiger partial charge in [-0.15, -0.1) is 0 Å². The van der Waals surface area contributed by atoms with Gasteiger partial charge in [-0.1, -0.05) is 60.2 Å². The fourth-order valence-corrected chi connectivity index (χ4v) is 1.99. The molecule has 0 saturated carbocycles. The number of rotatable bonds is 4. The molecule has 0 spiro atoms. The van der Waals surface area contributed by atoms with Gasteiger partial charge >= 0.3 is 0 Å². The lowest BCUT2D eigenvalue weighted by atomic mass is 9.92. The van der Waals surface area contributed by atoms with Crippen molar-refractivity contribution in [2.24, 2.45) is 0 Å². The summed E-state index contributed by atoms with van der Waals surface area (Å²) in [6.45, 7) is 1.98.